The van der Waals surface area contributed by atoms with Gasteiger partial charge in [0.2, 0.25) is 0 Å². The van der Waals surface area contributed by atoms with Gasteiger partial charge in [0.25, 0.3) is 5.91 Å². The fourth-order valence-corrected chi connectivity index (χ4v) is 1.60. The third-order valence-corrected chi connectivity index (χ3v) is 2.66. The molecule has 0 bridgehead atoms. The number of carboxylic acid groups (broad SMARTS) is 1. The Labute approximate surface area is 115 Å². The number of carbonyl (C=O) groups is 2. The molecule has 0 aliphatic rings. The summed E-state index contributed by atoms with van der Waals surface area (Å²) in [5.41, 5.74) is 0. The lowest BCUT2D eigenvalue weighted by Gasteiger charge is -2.12. The molecule has 5 nitrogen and oxygen atoms in total. The Balaban J connectivity index is 2.52. The highest BCUT2D eigenvalue weighted by Crippen LogP contribution is 2.25. The van der Waals surface area contributed by atoms with Crippen LogP contribution >= 0.6 is 15.9 Å². The van der Waals surface area contributed by atoms with Gasteiger partial charge in [-0.15, -0.1) is 0 Å². The number of ether oxygens (including phenoxy) is 1. The highest BCUT2D eigenvalue weighted by molar-refractivity contribution is 9.10. The van der Waals surface area contributed by atoms with Gasteiger partial charge in [-0.1, -0.05) is 0 Å². The van der Waals surface area contributed by atoms with Crippen LogP contribution in [0.1, 0.15) is 0 Å². The van der Waals surface area contributed by atoms with Crippen molar-refractivity contribution in [3.63, 3.8) is 0 Å². The summed E-state index contributed by atoms with van der Waals surface area (Å²) in [5.74, 6) is -2.53. The lowest BCUT2D eigenvalue weighted by molar-refractivity contribution is -0.142. The SMILES string of the molecule is O=C(COc1ccc(F)cc1Br)NC(CF)C(=O)O. The van der Waals surface area contributed by atoms with Gasteiger partial charge in [0.15, 0.2) is 12.6 Å². The summed E-state index contributed by atoms with van der Waals surface area (Å²) < 4.78 is 30.4. The Morgan fingerprint density at radius 2 is 2.16 bits per heavy atom. The molecule has 1 unspecified atom stereocenters. The minimum absolute atomic E-state index is 0.212. The average molecular weight is 338 g/mol. The summed E-state index contributed by atoms with van der Waals surface area (Å²) in [5, 5.41) is 10.5. The van der Waals surface area contributed by atoms with Gasteiger partial charge in [0, 0.05) is 0 Å². The summed E-state index contributed by atoms with van der Waals surface area (Å²) >= 11 is 3.03. The second-order valence-corrected chi connectivity index (χ2v) is 4.33. The van der Waals surface area contributed by atoms with Gasteiger partial charge in [0.1, 0.15) is 18.2 Å². The summed E-state index contributed by atoms with van der Waals surface area (Å²) in [7, 11) is 0. The first-order valence-corrected chi connectivity index (χ1v) is 5.89. The number of rotatable bonds is 6. The number of hydrogen-bond donors (Lipinski definition) is 2. The Bertz CT molecular complexity index is 484. The lowest BCUT2D eigenvalue weighted by atomic mass is 10.3. The van der Waals surface area contributed by atoms with Crippen LogP contribution in [0, 0.1) is 5.82 Å². The van der Waals surface area contributed by atoms with Crippen LogP contribution in [-0.4, -0.2) is 36.3 Å². The first-order chi connectivity index (χ1) is 8.93. The largest absolute Gasteiger partial charge is 0.483 e. The monoisotopic (exact) mass is 337 g/mol. The topological polar surface area (TPSA) is 75.6 Å². The van der Waals surface area contributed by atoms with E-state index in [4.69, 9.17) is 9.84 Å². The van der Waals surface area contributed by atoms with E-state index in [1.165, 1.54) is 6.07 Å². The Kier molecular flexibility index (Phi) is 5.68. The molecule has 0 saturated heterocycles. The molecule has 0 aliphatic carbocycles. The van der Waals surface area contributed by atoms with Gasteiger partial charge in [-0.05, 0) is 34.1 Å². The molecule has 0 heterocycles. The van der Waals surface area contributed by atoms with Crippen LogP contribution in [-0.2, 0) is 9.59 Å². The Morgan fingerprint density at radius 1 is 1.47 bits per heavy atom. The quantitative estimate of drug-likeness (QED) is 0.824. The van der Waals surface area contributed by atoms with Crippen LogP contribution in [0.2, 0.25) is 0 Å². The number of hydrogen-bond acceptors (Lipinski definition) is 3. The third-order valence-electron chi connectivity index (χ3n) is 2.04. The molecule has 1 atom stereocenters. The molecule has 1 rings (SSSR count). The van der Waals surface area contributed by atoms with Crippen LogP contribution in [0.4, 0.5) is 8.78 Å². The number of alkyl halides is 1. The maximum absolute atomic E-state index is 12.8. The van der Waals surface area contributed by atoms with E-state index in [1.54, 1.807) is 0 Å². The number of amides is 1. The molecule has 1 amide bonds. The number of benzene rings is 1. The standard InChI is InChI=1S/C11H10BrF2NO4/c12-7-3-6(14)1-2-9(7)19-5-10(16)15-8(4-13)11(17)18/h1-3,8H,4-5H2,(H,15,16)(H,17,18). The zero-order valence-corrected chi connectivity index (χ0v) is 11.1. The van der Waals surface area contributed by atoms with E-state index < -0.39 is 37.0 Å². The molecule has 0 aromatic heterocycles. The number of carboxylic acids is 1. The maximum Gasteiger partial charge on any atom is 0.328 e. The molecule has 19 heavy (non-hydrogen) atoms. The number of halogens is 3. The zero-order chi connectivity index (χ0) is 14.4. The molecule has 0 radical (unpaired) electrons. The van der Waals surface area contributed by atoms with Gasteiger partial charge < -0.3 is 15.2 Å². The summed E-state index contributed by atoms with van der Waals surface area (Å²) in [6.07, 6.45) is 0. The van der Waals surface area contributed by atoms with E-state index in [-0.39, 0.29) is 5.75 Å². The van der Waals surface area contributed by atoms with E-state index in [0.717, 1.165) is 12.1 Å². The number of aliphatic carboxylic acids is 1. The van der Waals surface area contributed by atoms with Crippen molar-refractivity contribution < 1.29 is 28.2 Å². The third kappa shape index (κ3) is 4.82. The smallest absolute Gasteiger partial charge is 0.328 e. The first kappa shape index (κ1) is 15.4. The van der Waals surface area contributed by atoms with Crippen molar-refractivity contribution in [2.24, 2.45) is 0 Å². The van der Waals surface area contributed by atoms with Crippen molar-refractivity contribution in [3.05, 3.63) is 28.5 Å². The predicted molar refractivity (Wildman–Crippen MR) is 65.1 cm³/mol. The van der Waals surface area contributed by atoms with Gasteiger partial charge in [-0.25, -0.2) is 13.6 Å². The molecule has 0 saturated carbocycles. The first-order valence-electron chi connectivity index (χ1n) is 5.10. The molecular formula is C11H10BrF2NO4. The van der Waals surface area contributed by atoms with Gasteiger partial charge in [0.05, 0.1) is 4.47 Å². The Hall–Kier alpha value is -1.70. The predicted octanol–water partition coefficient (Wildman–Crippen LogP) is 1.51. The van der Waals surface area contributed by atoms with Crippen molar-refractivity contribution in [2.45, 2.75) is 6.04 Å². The van der Waals surface area contributed by atoms with E-state index in [9.17, 15) is 18.4 Å². The van der Waals surface area contributed by atoms with Crippen LogP contribution in [0.25, 0.3) is 0 Å². The van der Waals surface area contributed by atoms with Gasteiger partial charge in [-0.2, -0.15) is 0 Å². The molecule has 8 heteroatoms. The molecule has 2 N–H and O–H groups in total. The van der Waals surface area contributed by atoms with E-state index >= 15 is 0 Å². The summed E-state index contributed by atoms with van der Waals surface area (Å²) in [6.45, 7) is -1.73. The lowest BCUT2D eigenvalue weighted by Crippen LogP contribution is -2.44. The fourth-order valence-electron chi connectivity index (χ4n) is 1.14. The zero-order valence-electron chi connectivity index (χ0n) is 9.53. The second kappa shape index (κ2) is 7.03. The van der Waals surface area contributed by atoms with Crippen molar-refractivity contribution >= 4 is 27.8 Å². The molecule has 0 spiro atoms. The van der Waals surface area contributed by atoms with Crippen LogP contribution in [0.5, 0.6) is 5.75 Å². The van der Waals surface area contributed by atoms with Crippen LogP contribution < -0.4 is 10.1 Å². The van der Waals surface area contributed by atoms with Crippen molar-refractivity contribution in [1.82, 2.24) is 5.32 Å². The molecular weight excluding hydrogens is 328 g/mol. The highest BCUT2D eigenvalue weighted by atomic mass is 79.9. The van der Waals surface area contributed by atoms with Crippen molar-refractivity contribution in [1.29, 1.82) is 0 Å². The van der Waals surface area contributed by atoms with E-state index in [2.05, 4.69) is 15.9 Å². The minimum Gasteiger partial charge on any atom is -0.483 e. The van der Waals surface area contributed by atoms with Crippen molar-refractivity contribution in [3.8, 4) is 5.75 Å². The molecule has 1 aromatic carbocycles. The second-order valence-electron chi connectivity index (χ2n) is 3.48. The normalized spacial score (nSPS) is 11.7. The highest BCUT2D eigenvalue weighted by Gasteiger charge is 2.19. The molecule has 104 valence electrons. The van der Waals surface area contributed by atoms with Crippen LogP contribution in [0.3, 0.4) is 0 Å². The number of carbonyl (C=O) groups excluding carboxylic acids is 1. The maximum atomic E-state index is 12.8. The van der Waals surface area contributed by atoms with E-state index in [0.29, 0.717) is 4.47 Å². The van der Waals surface area contributed by atoms with E-state index in [1.807, 2.05) is 5.32 Å². The number of nitrogens with one attached hydrogen (secondary N) is 1. The van der Waals surface area contributed by atoms with Gasteiger partial charge in [-0.3, -0.25) is 4.79 Å². The molecule has 0 aliphatic heterocycles. The van der Waals surface area contributed by atoms with Gasteiger partial charge >= 0.3 is 5.97 Å². The van der Waals surface area contributed by atoms with Crippen LogP contribution in [0.15, 0.2) is 22.7 Å². The molecule has 1 aromatic rings. The molecule has 0 fully saturated rings. The minimum atomic E-state index is -1.60. The van der Waals surface area contributed by atoms with Crippen molar-refractivity contribution in [2.75, 3.05) is 13.3 Å². The average Bonchev–Trinajstić information content (AvgIpc) is 2.34. The fraction of sp³-hybridized carbons (Fsp3) is 0.273. The summed E-state index contributed by atoms with van der Waals surface area (Å²) in [4.78, 5) is 21.8. The summed E-state index contributed by atoms with van der Waals surface area (Å²) in [6, 6.07) is 1.98. The Morgan fingerprint density at radius 3 is 2.68 bits per heavy atom.